The zero-order valence-electron chi connectivity index (χ0n) is 29.9. The molecular weight excluding hydrogens is 694 g/mol. The van der Waals surface area contributed by atoms with Gasteiger partial charge in [0.05, 0.1) is 42.8 Å². The number of amides is 2. The normalized spacial score (nSPS) is 20.6. The molecule has 15 heteroatoms. The Hall–Kier alpha value is -3.89. The average molecular weight is 746 g/mol. The van der Waals surface area contributed by atoms with Crippen LogP contribution < -0.4 is 20.1 Å². The monoisotopic (exact) mass is 745 g/mol. The second kappa shape index (κ2) is 18.2. The fourth-order valence-electron chi connectivity index (χ4n) is 6.55. The molecule has 2 saturated heterocycles. The summed E-state index contributed by atoms with van der Waals surface area (Å²) < 4.78 is 62.8. The molecule has 14 nitrogen and oxygen atoms in total. The number of hydrogen-bond donors (Lipinski definition) is 3. The molecule has 0 aliphatic carbocycles. The third-order valence-corrected chi connectivity index (χ3v) is 11.2. The first kappa shape index (κ1) is 39.3. The minimum absolute atomic E-state index is 0.0135. The van der Waals surface area contributed by atoms with Crippen molar-refractivity contribution in [1.29, 1.82) is 0 Å². The number of carbonyl (C=O) groups is 2. The number of benzene rings is 2. The Morgan fingerprint density at radius 3 is 2.67 bits per heavy atom. The van der Waals surface area contributed by atoms with Gasteiger partial charge in [-0.2, -0.15) is 4.31 Å². The van der Waals surface area contributed by atoms with Gasteiger partial charge in [0, 0.05) is 25.7 Å². The fourth-order valence-corrected chi connectivity index (χ4v) is 8.22. The lowest BCUT2D eigenvalue weighted by Gasteiger charge is -2.35. The summed E-state index contributed by atoms with van der Waals surface area (Å²) in [6.45, 7) is 8.65. The molecule has 5 rings (SSSR count). The number of fused-ring (bicyclic) bond motifs is 2. The highest BCUT2D eigenvalue weighted by Crippen LogP contribution is 2.36. The number of rotatable bonds is 19. The van der Waals surface area contributed by atoms with Gasteiger partial charge in [0.15, 0.2) is 17.8 Å². The van der Waals surface area contributed by atoms with E-state index >= 15 is 0 Å². The molecule has 3 aliphatic heterocycles. The maximum Gasteiger partial charge on any atom is 0.407 e. The zero-order valence-corrected chi connectivity index (χ0v) is 30.7. The number of nitrogens with one attached hydrogen (secondary N) is 2. The van der Waals surface area contributed by atoms with Gasteiger partial charge in [-0.1, -0.05) is 56.7 Å². The van der Waals surface area contributed by atoms with Gasteiger partial charge in [0.25, 0.3) is 0 Å². The molecule has 2 amide bonds. The molecule has 286 valence electrons. The summed E-state index contributed by atoms with van der Waals surface area (Å²) >= 11 is 0. The number of hydrogen-bond acceptors (Lipinski definition) is 11. The molecule has 0 bridgehead atoms. The van der Waals surface area contributed by atoms with E-state index in [-0.39, 0.29) is 50.3 Å². The van der Waals surface area contributed by atoms with E-state index in [0.29, 0.717) is 56.8 Å². The van der Waals surface area contributed by atoms with Gasteiger partial charge in [-0.15, -0.1) is 6.58 Å². The molecule has 52 heavy (non-hydrogen) atoms. The van der Waals surface area contributed by atoms with Gasteiger partial charge in [0.2, 0.25) is 16.8 Å². The number of alkyl carbamates (subject to hydrolysis) is 2. The van der Waals surface area contributed by atoms with Crippen LogP contribution in [0.4, 0.5) is 9.59 Å². The number of aliphatic hydroxyl groups is 1. The van der Waals surface area contributed by atoms with Crippen LogP contribution in [0.1, 0.15) is 51.5 Å². The van der Waals surface area contributed by atoms with Gasteiger partial charge >= 0.3 is 12.2 Å². The standard InChI is InChI=1S/C37H51N3O11S/c1-4-5-18-47-35(42)38-17-10-9-16-37(2,3)24-40(52(44,45)27-13-14-31-32(21-27)50-25-49-31)22-30(41)29(20-26-11-7-6-8-12-26)39-36(43)51-33-23-48-34-28(33)15-19-46-34/h4,6-8,11-14,21,28-30,33-34,41H,1,5,9-10,15-20,22-25H2,2-3H3,(H,38,42)(H,39,43)/t28-,29-,30+,33-,34+/m0/s1. The predicted molar refractivity (Wildman–Crippen MR) is 190 cm³/mol. The molecule has 3 heterocycles. The third-order valence-electron chi connectivity index (χ3n) is 9.39. The van der Waals surface area contributed by atoms with Gasteiger partial charge in [-0.3, -0.25) is 0 Å². The first-order valence-electron chi connectivity index (χ1n) is 17.8. The number of aliphatic hydroxyl groups excluding tert-OH is 1. The van der Waals surface area contributed by atoms with E-state index < -0.39 is 52.2 Å². The summed E-state index contributed by atoms with van der Waals surface area (Å²) in [6, 6.07) is 12.8. The number of sulfonamides is 1. The zero-order chi connectivity index (χ0) is 37.1. The second-order valence-electron chi connectivity index (χ2n) is 14.1. The first-order chi connectivity index (χ1) is 24.9. The van der Waals surface area contributed by atoms with Gasteiger partial charge in [-0.25, -0.2) is 18.0 Å². The van der Waals surface area contributed by atoms with Crippen molar-refractivity contribution in [3.05, 3.63) is 66.7 Å². The minimum Gasteiger partial charge on any atom is -0.454 e. The maximum absolute atomic E-state index is 14.4. The van der Waals surface area contributed by atoms with Crippen LogP contribution in [0.15, 0.2) is 66.1 Å². The number of ether oxygens (including phenoxy) is 6. The molecule has 0 spiro atoms. The lowest BCUT2D eigenvalue weighted by molar-refractivity contribution is -0.0907. The summed E-state index contributed by atoms with van der Waals surface area (Å²) in [5, 5.41) is 17.4. The van der Waals surface area contributed by atoms with Crippen molar-refractivity contribution in [2.45, 2.75) is 81.8 Å². The quantitative estimate of drug-likeness (QED) is 0.138. The van der Waals surface area contributed by atoms with Crippen molar-refractivity contribution in [3.63, 3.8) is 0 Å². The molecule has 0 aromatic heterocycles. The van der Waals surface area contributed by atoms with Crippen molar-refractivity contribution < 1.29 is 51.5 Å². The topological polar surface area (TPSA) is 171 Å². The largest absolute Gasteiger partial charge is 0.454 e. The van der Waals surface area contributed by atoms with Crippen molar-refractivity contribution in [1.82, 2.24) is 14.9 Å². The van der Waals surface area contributed by atoms with E-state index in [1.54, 1.807) is 12.1 Å². The van der Waals surface area contributed by atoms with Crippen LogP contribution in [0, 0.1) is 11.3 Å². The molecule has 5 atom stereocenters. The lowest BCUT2D eigenvalue weighted by atomic mass is 9.87. The predicted octanol–water partition coefficient (Wildman–Crippen LogP) is 4.36. The van der Waals surface area contributed by atoms with Crippen LogP contribution in [0.3, 0.4) is 0 Å². The van der Waals surface area contributed by atoms with Crippen LogP contribution in [0.2, 0.25) is 0 Å². The van der Waals surface area contributed by atoms with Crippen LogP contribution in [0.25, 0.3) is 0 Å². The van der Waals surface area contributed by atoms with E-state index in [1.807, 2.05) is 44.2 Å². The number of unbranched alkanes of at least 4 members (excludes halogenated alkanes) is 1. The molecule has 3 aliphatic rings. The Kier molecular flexibility index (Phi) is 13.8. The van der Waals surface area contributed by atoms with E-state index in [4.69, 9.17) is 28.4 Å². The minimum atomic E-state index is -4.19. The smallest absolute Gasteiger partial charge is 0.407 e. The van der Waals surface area contributed by atoms with Crippen molar-refractivity contribution in [3.8, 4) is 11.5 Å². The Morgan fingerprint density at radius 2 is 1.88 bits per heavy atom. The van der Waals surface area contributed by atoms with Crippen molar-refractivity contribution in [2.75, 3.05) is 46.2 Å². The van der Waals surface area contributed by atoms with Crippen molar-refractivity contribution in [2.24, 2.45) is 11.3 Å². The van der Waals surface area contributed by atoms with E-state index in [0.717, 1.165) is 5.56 Å². The summed E-state index contributed by atoms with van der Waals surface area (Å²) in [6.07, 6.45) is 1.69. The lowest BCUT2D eigenvalue weighted by Crippen LogP contribution is -2.52. The van der Waals surface area contributed by atoms with Crippen LogP contribution in [0.5, 0.6) is 11.5 Å². The Balaban J connectivity index is 1.30. The summed E-state index contributed by atoms with van der Waals surface area (Å²) in [7, 11) is -4.19. The molecule has 2 aromatic carbocycles. The molecule has 0 radical (unpaired) electrons. The van der Waals surface area contributed by atoms with Crippen LogP contribution in [-0.2, 0) is 35.4 Å². The van der Waals surface area contributed by atoms with E-state index in [9.17, 15) is 23.1 Å². The highest BCUT2D eigenvalue weighted by atomic mass is 32.2. The van der Waals surface area contributed by atoms with Crippen LogP contribution in [-0.4, -0.2) is 101 Å². The Morgan fingerprint density at radius 1 is 1.10 bits per heavy atom. The number of carbonyl (C=O) groups excluding carboxylic acids is 2. The highest BCUT2D eigenvalue weighted by Gasteiger charge is 2.44. The summed E-state index contributed by atoms with van der Waals surface area (Å²) in [5.41, 5.74) is 0.293. The fraction of sp³-hybridized carbons (Fsp3) is 0.568. The Bertz CT molecular complexity index is 1610. The maximum atomic E-state index is 14.4. The van der Waals surface area contributed by atoms with E-state index in [2.05, 4.69) is 17.2 Å². The van der Waals surface area contributed by atoms with Gasteiger partial charge < -0.3 is 44.2 Å². The highest BCUT2D eigenvalue weighted by molar-refractivity contribution is 7.89. The summed E-state index contributed by atoms with van der Waals surface area (Å²) in [5.74, 6) is 0.686. The SMILES string of the molecule is C=CCCOC(=O)NCCCCC(C)(C)CN(C[C@@H](O)[C@H](Cc1ccccc1)NC(=O)O[C@H]1CO[C@H]2OCC[C@H]21)S(=O)(=O)c1ccc2c(c1)OCO2. The third kappa shape index (κ3) is 10.8. The van der Waals surface area contributed by atoms with Gasteiger partial charge in [-0.05, 0) is 55.2 Å². The van der Waals surface area contributed by atoms with Crippen molar-refractivity contribution >= 4 is 22.2 Å². The van der Waals surface area contributed by atoms with E-state index in [1.165, 1.54) is 16.4 Å². The molecule has 2 fully saturated rings. The Labute approximate surface area is 305 Å². The second-order valence-corrected chi connectivity index (χ2v) is 16.0. The summed E-state index contributed by atoms with van der Waals surface area (Å²) in [4.78, 5) is 25.1. The molecular formula is C37H51N3O11S. The van der Waals surface area contributed by atoms with Gasteiger partial charge in [0.1, 0.15) is 6.10 Å². The first-order valence-corrected chi connectivity index (χ1v) is 19.2. The molecule has 2 aromatic rings. The number of nitrogens with zero attached hydrogens (tertiary/aromatic N) is 1. The van der Waals surface area contributed by atoms with Crippen LogP contribution >= 0.6 is 0 Å². The molecule has 0 saturated carbocycles. The molecule has 3 N–H and O–H groups in total. The average Bonchev–Trinajstić information content (AvgIpc) is 3.87. The molecule has 0 unspecified atom stereocenters.